The molecule has 96 valence electrons. The molecular weight excluding hydrogens is 234 g/mol. The lowest BCUT2D eigenvalue weighted by atomic mass is 10.1. The summed E-state index contributed by atoms with van der Waals surface area (Å²) in [6.07, 6.45) is -0.588. The van der Waals surface area contributed by atoms with Gasteiger partial charge in [-0.25, -0.2) is 0 Å². The van der Waals surface area contributed by atoms with E-state index in [0.29, 0.717) is 5.56 Å². The highest BCUT2D eigenvalue weighted by molar-refractivity contribution is 6.02. The molecule has 0 radical (unpaired) electrons. The Balaban J connectivity index is 2.62. The van der Waals surface area contributed by atoms with Gasteiger partial charge < -0.3 is 10.4 Å². The van der Waals surface area contributed by atoms with Crippen LogP contribution in [0.25, 0.3) is 0 Å². The van der Waals surface area contributed by atoms with Crippen LogP contribution in [-0.4, -0.2) is 28.8 Å². The van der Waals surface area contributed by atoms with Crippen LogP contribution in [0.2, 0.25) is 0 Å². The van der Waals surface area contributed by atoms with Gasteiger partial charge in [-0.2, -0.15) is 0 Å². The summed E-state index contributed by atoms with van der Waals surface area (Å²) >= 11 is 0. The first-order valence-corrected chi connectivity index (χ1v) is 5.52. The van der Waals surface area contributed by atoms with Crippen molar-refractivity contribution in [3.63, 3.8) is 0 Å². The van der Waals surface area contributed by atoms with E-state index in [0.717, 1.165) is 5.56 Å². The number of carboxylic acids is 1. The third-order valence-corrected chi connectivity index (χ3v) is 2.47. The van der Waals surface area contributed by atoms with E-state index in [2.05, 4.69) is 5.32 Å². The molecule has 0 aromatic heterocycles. The van der Waals surface area contributed by atoms with Crippen molar-refractivity contribution in [1.29, 1.82) is 0 Å². The fraction of sp³-hybridized carbons (Fsp3) is 0.308. The van der Waals surface area contributed by atoms with Crippen LogP contribution in [0.4, 0.5) is 0 Å². The number of hydrogen-bond acceptors (Lipinski definition) is 3. The summed E-state index contributed by atoms with van der Waals surface area (Å²) in [7, 11) is 0. The maximum absolute atomic E-state index is 11.7. The quantitative estimate of drug-likeness (QED) is 0.767. The average molecular weight is 249 g/mol. The number of Topliss-reactive ketones (excluding diaryl/α,β-unsaturated/α-hetero) is 1. The van der Waals surface area contributed by atoms with Crippen LogP contribution in [0.1, 0.15) is 29.3 Å². The summed E-state index contributed by atoms with van der Waals surface area (Å²) in [4.78, 5) is 33.5. The number of benzene rings is 1. The maximum atomic E-state index is 11.7. The first-order chi connectivity index (χ1) is 8.40. The normalized spacial score (nSPS) is 11.7. The monoisotopic (exact) mass is 249 g/mol. The minimum atomic E-state index is -1.20. The van der Waals surface area contributed by atoms with E-state index in [1.807, 2.05) is 6.92 Å². The largest absolute Gasteiger partial charge is 0.481 e. The Bertz CT molecular complexity index is 464. The van der Waals surface area contributed by atoms with Gasteiger partial charge in [0, 0.05) is 5.56 Å². The summed E-state index contributed by atoms with van der Waals surface area (Å²) in [5.41, 5.74) is 1.47. The molecule has 0 heterocycles. The van der Waals surface area contributed by atoms with Gasteiger partial charge >= 0.3 is 5.97 Å². The van der Waals surface area contributed by atoms with Crippen LogP contribution in [0.15, 0.2) is 24.3 Å². The molecule has 1 aromatic carbocycles. The fourth-order valence-corrected chi connectivity index (χ4v) is 1.37. The van der Waals surface area contributed by atoms with Gasteiger partial charge in [0.15, 0.2) is 5.78 Å². The molecule has 0 saturated heterocycles. The molecule has 0 aliphatic heterocycles. The van der Waals surface area contributed by atoms with Crippen LogP contribution < -0.4 is 5.32 Å². The second-order valence-corrected chi connectivity index (χ2v) is 4.10. The molecular formula is C13H15NO4. The van der Waals surface area contributed by atoms with Gasteiger partial charge in [-0.05, 0) is 26.0 Å². The van der Waals surface area contributed by atoms with Gasteiger partial charge in [0.25, 0.3) is 5.91 Å². The SMILES string of the molecule is Cc1ccc(C(=O)NC(C)C(=O)CC(=O)O)cc1. The number of hydrogen-bond donors (Lipinski definition) is 2. The first kappa shape index (κ1) is 13.9. The van der Waals surface area contributed by atoms with Crippen molar-refractivity contribution in [2.75, 3.05) is 0 Å². The smallest absolute Gasteiger partial charge is 0.310 e. The highest BCUT2D eigenvalue weighted by Crippen LogP contribution is 2.03. The Labute approximate surface area is 105 Å². The molecule has 0 spiro atoms. The first-order valence-electron chi connectivity index (χ1n) is 5.52. The second kappa shape index (κ2) is 5.95. The number of aryl methyl sites for hydroxylation is 1. The van der Waals surface area contributed by atoms with Crippen molar-refractivity contribution in [1.82, 2.24) is 5.32 Å². The molecule has 0 fully saturated rings. The maximum Gasteiger partial charge on any atom is 0.310 e. The zero-order valence-corrected chi connectivity index (χ0v) is 10.3. The van der Waals surface area contributed by atoms with E-state index < -0.39 is 24.2 Å². The van der Waals surface area contributed by atoms with E-state index in [9.17, 15) is 14.4 Å². The minimum Gasteiger partial charge on any atom is -0.481 e. The predicted octanol–water partition coefficient (Wildman–Crippen LogP) is 1.16. The standard InChI is InChI=1S/C13H15NO4/c1-8-3-5-10(6-4-8)13(18)14-9(2)11(15)7-12(16)17/h3-6,9H,7H2,1-2H3,(H,14,18)(H,16,17). The molecule has 1 rings (SSSR count). The van der Waals surface area contributed by atoms with E-state index in [-0.39, 0.29) is 5.91 Å². The lowest BCUT2D eigenvalue weighted by Gasteiger charge is -2.11. The zero-order chi connectivity index (χ0) is 13.7. The zero-order valence-electron chi connectivity index (χ0n) is 10.3. The van der Waals surface area contributed by atoms with Gasteiger partial charge in [-0.1, -0.05) is 17.7 Å². The topological polar surface area (TPSA) is 83.5 Å². The van der Waals surface area contributed by atoms with Crippen molar-refractivity contribution >= 4 is 17.7 Å². The van der Waals surface area contributed by atoms with Crippen molar-refractivity contribution in [2.24, 2.45) is 0 Å². The lowest BCUT2D eigenvalue weighted by Crippen LogP contribution is -2.39. The molecule has 1 aromatic rings. The van der Waals surface area contributed by atoms with Crippen LogP contribution in [0, 0.1) is 6.92 Å². The Morgan fingerprint density at radius 2 is 1.78 bits per heavy atom. The summed E-state index contributed by atoms with van der Waals surface area (Å²) < 4.78 is 0. The molecule has 0 bridgehead atoms. The summed E-state index contributed by atoms with van der Waals surface area (Å²) in [5, 5.41) is 10.9. The summed E-state index contributed by atoms with van der Waals surface area (Å²) in [6.45, 7) is 3.37. The van der Waals surface area contributed by atoms with E-state index in [4.69, 9.17) is 5.11 Å². The number of carbonyl (C=O) groups is 3. The number of nitrogens with one attached hydrogen (secondary N) is 1. The minimum absolute atomic E-state index is 0.388. The summed E-state index contributed by atoms with van der Waals surface area (Å²) in [5.74, 6) is -2.11. The Morgan fingerprint density at radius 3 is 2.28 bits per heavy atom. The molecule has 1 unspecified atom stereocenters. The van der Waals surface area contributed by atoms with E-state index in [1.165, 1.54) is 6.92 Å². The second-order valence-electron chi connectivity index (χ2n) is 4.10. The Hall–Kier alpha value is -2.17. The van der Waals surface area contributed by atoms with Crippen molar-refractivity contribution in [3.8, 4) is 0 Å². The number of carbonyl (C=O) groups excluding carboxylic acids is 2. The third-order valence-electron chi connectivity index (χ3n) is 2.47. The molecule has 5 nitrogen and oxygen atoms in total. The molecule has 5 heteroatoms. The molecule has 1 amide bonds. The number of aliphatic carboxylic acids is 1. The third kappa shape index (κ3) is 4.01. The number of carboxylic acid groups (broad SMARTS) is 1. The average Bonchev–Trinajstić information content (AvgIpc) is 2.28. The van der Waals surface area contributed by atoms with Crippen molar-refractivity contribution in [3.05, 3.63) is 35.4 Å². The van der Waals surface area contributed by atoms with Crippen LogP contribution in [-0.2, 0) is 9.59 Å². The van der Waals surface area contributed by atoms with Gasteiger partial charge in [0.2, 0.25) is 0 Å². The molecule has 0 aliphatic rings. The highest BCUT2D eigenvalue weighted by atomic mass is 16.4. The molecule has 0 aliphatic carbocycles. The van der Waals surface area contributed by atoms with E-state index in [1.54, 1.807) is 24.3 Å². The van der Waals surface area contributed by atoms with Crippen molar-refractivity contribution in [2.45, 2.75) is 26.3 Å². The van der Waals surface area contributed by atoms with Gasteiger partial charge in [-0.15, -0.1) is 0 Å². The Morgan fingerprint density at radius 1 is 1.22 bits per heavy atom. The van der Waals surface area contributed by atoms with Gasteiger partial charge in [0.1, 0.15) is 6.42 Å². The summed E-state index contributed by atoms with van der Waals surface area (Å²) in [6, 6.07) is 6.07. The van der Waals surface area contributed by atoms with E-state index >= 15 is 0 Å². The molecule has 0 saturated carbocycles. The van der Waals surface area contributed by atoms with Gasteiger partial charge in [-0.3, -0.25) is 14.4 Å². The fourth-order valence-electron chi connectivity index (χ4n) is 1.37. The lowest BCUT2D eigenvalue weighted by molar-refractivity contribution is -0.140. The number of amides is 1. The van der Waals surface area contributed by atoms with Crippen LogP contribution in [0.5, 0.6) is 0 Å². The van der Waals surface area contributed by atoms with Gasteiger partial charge in [0.05, 0.1) is 6.04 Å². The molecule has 2 N–H and O–H groups in total. The van der Waals surface area contributed by atoms with Crippen LogP contribution in [0.3, 0.4) is 0 Å². The Kier molecular flexibility index (Phi) is 4.59. The predicted molar refractivity (Wildman–Crippen MR) is 65.4 cm³/mol. The molecule has 1 atom stereocenters. The van der Waals surface area contributed by atoms with Crippen molar-refractivity contribution < 1.29 is 19.5 Å². The molecule has 18 heavy (non-hydrogen) atoms. The number of rotatable bonds is 5. The van der Waals surface area contributed by atoms with Crippen LogP contribution >= 0.6 is 0 Å². The highest BCUT2D eigenvalue weighted by Gasteiger charge is 2.18. The number of ketones is 1.